The highest BCUT2D eigenvalue weighted by molar-refractivity contribution is 5.93. The van der Waals surface area contributed by atoms with Gasteiger partial charge in [-0.1, -0.05) is 0 Å². The molecule has 0 saturated carbocycles. The second kappa shape index (κ2) is 8.23. The normalized spacial score (nSPS) is 10.2. The lowest BCUT2D eigenvalue weighted by Crippen LogP contribution is -2.43. The van der Waals surface area contributed by atoms with Crippen LogP contribution >= 0.6 is 0 Å². The molecule has 0 unspecified atom stereocenters. The van der Waals surface area contributed by atoms with Gasteiger partial charge in [0, 0.05) is 26.4 Å². The van der Waals surface area contributed by atoms with E-state index in [4.69, 9.17) is 14.9 Å². The smallest absolute Gasteiger partial charge is 0.335 e. The van der Waals surface area contributed by atoms with E-state index in [1.165, 1.54) is 21.9 Å². The number of nitrogens with zero attached hydrogens (tertiary/aromatic N) is 2. The van der Waals surface area contributed by atoms with Crippen LogP contribution in [0.25, 0.3) is 0 Å². The van der Waals surface area contributed by atoms with Gasteiger partial charge in [-0.2, -0.15) is 0 Å². The Morgan fingerprint density at radius 1 is 1.19 bits per heavy atom. The van der Waals surface area contributed by atoms with Gasteiger partial charge in [-0.15, -0.1) is 0 Å². The second-order valence-corrected chi connectivity index (χ2v) is 4.42. The molecule has 21 heavy (non-hydrogen) atoms. The number of rotatable bonds is 7. The summed E-state index contributed by atoms with van der Waals surface area (Å²) >= 11 is 0. The van der Waals surface area contributed by atoms with Crippen molar-refractivity contribution >= 4 is 17.7 Å². The van der Waals surface area contributed by atoms with E-state index in [9.17, 15) is 9.59 Å². The average molecular weight is 296 g/mol. The molecule has 0 heterocycles. The number of amides is 2. The van der Waals surface area contributed by atoms with Crippen molar-refractivity contribution in [2.24, 2.45) is 0 Å². The van der Waals surface area contributed by atoms with Crippen LogP contribution < -0.4 is 4.90 Å². The summed E-state index contributed by atoms with van der Waals surface area (Å²) in [7, 11) is 3.19. The van der Waals surface area contributed by atoms with Gasteiger partial charge in [0.25, 0.3) is 0 Å². The summed E-state index contributed by atoms with van der Waals surface area (Å²) in [6, 6.07) is 5.64. The van der Waals surface area contributed by atoms with E-state index < -0.39 is 5.97 Å². The van der Waals surface area contributed by atoms with E-state index >= 15 is 0 Å². The van der Waals surface area contributed by atoms with Crippen LogP contribution in [0.3, 0.4) is 0 Å². The topological polar surface area (TPSA) is 90.3 Å². The number of anilines is 1. The molecule has 0 aliphatic heterocycles. The van der Waals surface area contributed by atoms with Gasteiger partial charge in [-0.25, -0.2) is 9.59 Å². The maximum atomic E-state index is 12.3. The van der Waals surface area contributed by atoms with Gasteiger partial charge in [0.05, 0.1) is 25.3 Å². The molecule has 0 aromatic heterocycles. The highest BCUT2D eigenvalue weighted by Gasteiger charge is 2.19. The molecule has 116 valence electrons. The van der Waals surface area contributed by atoms with Crippen molar-refractivity contribution in [3.8, 4) is 0 Å². The van der Waals surface area contributed by atoms with Gasteiger partial charge in [-0.3, -0.25) is 4.90 Å². The molecule has 2 N–H and O–H groups in total. The number of aromatic carboxylic acids is 1. The monoisotopic (exact) mass is 296 g/mol. The highest BCUT2D eigenvalue weighted by atomic mass is 16.5. The van der Waals surface area contributed by atoms with Crippen LogP contribution in [-0.4, -0.2) is 67.6 Å². The summed E-state index contributed by atoms with van der Waals surface area (Å²) < 4.78 is 4.92. The molecular formula is C14H20N2O5. The third-order valence-corrected chi connectivity index (χ3v) is 2.94. The van der Waals surface area contributed by atoms with Crippen molar-refractivity contribution in [1.82, 2.24) is 4.90 Å². The van der Waals surface area contributed by atoms with Crippen LogP contribution in [0.1, 0.15) is 10.4 Å². The molecule has 0 saturated heterocycles. The fourth-order valence-corrected chi connectivity index (χ4v) is 1.75. The number of carbonyl (C=O) groups is 2. The highest BCUT2D eigenvalue weighted by Crippen LogP contribution is 2.17. The van der Waals surface area contributed by atoms with Crippen LogP contribution in [0, 0.1) is 0 Å². The number of carboxylic acids is 1. The van der Waals surface area contributed by atoms with Crippen molar-refractivity contribution in [2.75, 3.05) is 45.4 Å². The number of hydrogen-bond donors (Lipinski definition) is 2. The van der Waals surface area contributed by atoms with Crippen molar-refractivity contribution in [1.29, 1.82) is 0 Å². The Hall–Kier alpha value is -2.12. The van der Waals surface area contributed by atoms with E-state index in [2.05, 4.69) is 0 Å². The summed E-state index contributed by atoms with van der Waals surface area (Å²) in [5.41, 5.74) is 0.672. The first-order valence-electron chi connectivity index (χ1n) is 6.47. The summed E-state index contributed by atoms with van der Waals surface area (Å²) in [4.78, 5) is 26.0. The Morgan fingerprint density at radius 2 is 1.81 bits per heavy atom. The van der Waals surface area contributed by atoms with Gasteiger partial charge >= 0.3 is 12.0 Å². The Morgan fingerprint density at radius 3 is 2.29 bits per heavy atom. The molecule has 2 amide bonds. The molecule has 7 heteroatoms. The summed E-state index contributed by atoms with van der Waals surface area (Å²) in [5, 5.41) is 18.0. The molecule has 7 nitrogen and oxygen atoms in total. The van der Waals surface area contributed by atoms with Crippen LogP contribution in [0.5, 0.6) is 0 Å². The molecule has 0 bridgehead atoms. The van der Waals surface area contributed by atoms with Crippen LogP contribution in [0.15, 0.2) is 24.3 Å². The van der Waals surface area contributed by atoms with Gasteiger partial charge in [0.15, 0.2) is 0 Å². The first kappa shape index (κ1) is 16.9. The number of hydrogen-bond acceptors (Lipinski definition) is 4. The Bertz CT molecular complexity index is 475. The van der Waals surface area contributed by atoms with E-state index in [0.717, 1.165) is 0 Å². The molecule has 0 aliphatic rings. The first-order chi connectivity index (χ1) is 10.0. The lowest BCUT2D eigenvalue weighted by molar-refractivity contribution is 0.0697. The third kappa shape index (κ3) is 4.73. The minimum Gasteiger partial charge on any atom is -0.478 e. The number of aliphatic hydroxyl groups excluding tert-OH is 1. The fraction of sp³-hybridized carbons (Fsp3) is 0.429. The zero-order valence-electron chi connectivity index (χ0n) is 12.2. The number of benzene rings is 1. The Balaban J connectivity index is 2.89. The lowest BCUT2D eigenvalue weighted by Gasteiger charge is -2.27. The Kier molecular flexibility index (Phi) is 6.64. The number of urea groups is 1. The molecule has 0 atom stereocenters. The van der Waals surface area contributed by atoms with Crippen molar-refractivity contribution in [2.45, 2.75) is 0 Å². The van der Waals surface area contributed by atoms with E-state index in [1.807, 2.05) is 0 Å². The van der Waals surface area contributed by atoms with E-state index in [1.54, 1.807) is 26.3 Å². The quantitative estimate of drug-likeness (QED) is 0.779. The van der Waals surface area contributed by atoms with Crippen molar-refractivity contribution in [3.05, 3.63) is 29.8 Å². The molecular weight excluding hydrogens is 276 g/mol. The molecule has 0 spiro atoms. The first-order valence-corrected chi connectivity index (χ1v) is 6.47. The van der Waals surface area contributed by atoms with Crippen molar-refractivity contribution in [3.63, 3.8) is 0 Å². The average Bonchev–Trinajstić information content (AvgIpc) is 2.49. The second-order valence-electron chi connectivity index (χ2n) is 4.42. The van der Waals surface area contributed by atoms with Gasteiger partial charge in [-0.05, 0) is 24.3 Å². The largest absolute Gasteiger partial charge is 0.478 e. The maximum absolute atomic E-state index is 12.3. The van der Waals surface area contributed by atoms with Gasteiger partial charge < -0.3 is 19.8 Å². The molecule has 0 aliphatic carbocycles. The molecule has 1 aromatic carbocycles. The standard InChI is InChI=1S/C14H20N2O5/c1-15(8-10-21-2)14(20)16(7-9-17)12-5-3-11(4-6-12)13(18)19/h3-6,17H,7-10H2,1-2H3,(H,18,19). The predicted octanol–water partition coefficient (Wildman–Crippen LogP) is 0.882. The minimum atomic E-state index is -1.03. The zero-order valence-corrected chi connectivity index (χ0v) is 12.2. The lowest BCUT2D eigenvalue weighted by atomic mass is 10.2. The number of methoxy groups -OCH3 is 1. The van der Waals surface area contributed by atoms with E-state index in [-0.39, 0.29) is 24.7 Å². The number of carbonyl (C=O) groups excluding carboxylic acids is 1. The molecule has 0 fully saturated rings. The van der Waals surface area contributed by atoms with Crippen molar-refractivity contribution < 1.29 is 24.5 Å². The van der Waals surface area contributed by atoms with E-state index in [0.29, 0.717) is 18.8 Å². The van der Waals surface area contributed by atoms with Gasteiger partial charge in [0.2, 0.25) is 0 Å². The maximum Gasteiger partial charge on any atom is 0.335 e. The minimum absolute atomic E-state index is 0.128. The SMILES string of the molecule is COCCN(C)C(=O)N(CCO)c1ccc(C(=O)O)cc1. The number of ether oxygens (including phenoxy) is 1. The van der Waals surface area contributed by atoms with Gasteiger partial charge in [0.1, 0.15) is 0 Å². The summed E-state index contributed by atoms with van der Waals surface area (Å²) in [6.07, 6.45) is 0. The summed E-state index contributed by atoms with van der Waals surface area (Å²) in [6.45, 7) is 0.769. The fourth-order valence-electron chi connectivity index (χ4n) is 1.75. The number of likely N-dealkylation sites (N-methyl/N-ethyl adjacent to an activating group) is 1. The Labute approximate surface area is 123 Å². The number of carboxylic acid groups (broad SMARTS) is 1. The van der Waals surface area contributed by atoms with Crippen LogP contribution in [0.2, 0.25) is 0 Å². The molecule has 1 rings (SSSR count). The summed E-state index contributed by atoms with van der Waals surface area (Å²) in [5.74, 6) is -1.03. The number of aliphatic hydroxyl groups is 1. The van der Waals surface area contributed by atoms with Crippen LogP contribution in [0.4, 0.5) is 10.5 Å². The molecule has 0 radical (unpaired) electrons. The predicted molar refractivity (Wildman–Crippen MR) is 77.7 cm³/mol. The zero-order chi connectivity index (χ0) is 15.8. The third-order valence-electron chi connectivity index (χ3n) is 2.94. The molecule has 1 aromatic rings. The van der Waals surface area contributed by atoms with Crippen LogP contribution in [-0.2, 0) is 4.74 Å².